The average molecular weight is 291 g/mol. The van der Waals surface area contributed by atoms with E-state index in [2.05, 4.69) is 0 Å². The lowest BCUT2D eigenvalue weighted by atomic mass is 10.1. The predicted molar refractivity (Wildman–Crippen MR) is 74.0 cm³/mol. The second-order valence-corrected chi connectivity index (χ2v) is 4.72. The Morgan fingerprint density at radius 2 is 2.00 bits per heavy atom. The summed E-state index contributed by atoms with van der Waals surface area (Å²) in [5.41, 5.74) is 0.290. The Balaban J connectivity index is 1.92. The van der Waals surface area contributed by atoms with Crippen LogP contribution in [-0.2, 0) is 9.53 Å². The van der Waals surface area contributed by atoms with Gasteiger partial charge in [0, 0.05) is 13.0 Å². The number of unbranched alkanes of at least 4 members (excludes halogenated alkanes) is 1. The third-order valence-electron chi connectivity index (χ3n) is 3.29. The molecule has 21 heavy (non-hydrogen) atoms. The molecule has 0 aliphatic carbocycles. The van der Waals surface area contributed by atoms with Gasteiger partial charge in [0.25, 0.3) is 11.8 Å². The van der Waals surface area contributed by atoms with Crippen LogP contribution < -0.4 is 0 Å². The van der Waals surface area contributed by atoms with E-state index in [1.165, 1.54) is 18.2 Å². The largest absolute Gasteiger partial charge is 0.507 e. The Hall–Kier alpha value is -2.37. The van der Waals surface area contributed by atoms with Gasteiger partial charge in [-0.25, -0.2) is 0 Å². The monoisotopic (exact) mass is 291 g/mol. The molecule has 6 heteroatoms. The summed E-state index contributed by atoms with van der Waals surface area (Å²) in [5.74, 6) is -1.34. The van der Waals surface area contributed by atoms with Gasteiger partial charge in [-0.05, 0) is 31.9 Å². The number of aromatic hydroxyl groups is 1. The van der Waals surface area contributed by atoms with Crippen LogP contribution in [0.15, 0.2) is 18.2 Å². The second kappa shape index (κ2) is 6.39. The molecule has 0 saturated carbocycles. The summed E-state index contributed by atoms with van der Waals surface area (Å²) >= 11 is 0. The van der Waals surface area contributed by atoms with Crippen molar-refractivity contribution >= 4 is 17.8 Å². The van der Waals surface area contributed by atoms with Gasteiger partial charge < -0.3 is 9.84 Å². The smallest absolute Gasteiger partial charge is 0.305 e. The Kier molecular flexibility index (Phi) is 4.57. The lowest BCUT2D eigenvalue weighted by Crippen LogP contribution is -2.30. The summed E-state index contributed by atoms with van der Waals surface area (Å²) in [6.07, 6.45) is 1.32. The van der Waals surface area contributed by atoms with Gasteiger partial charge in [-0.2, -0.15) is 0 Å². The summed E-state index contributed by atoms with van der Waals surface area (Å²) in [7, 11) is 0. The lowest BCUT2D eigenvalue weighted by molar-refractivity contribution is -0.143. The predicted octanol–water partition coefficient (Wildman–Crippen LogP) is 1.72. The number of carbonyl (C=O) groups is 3. The Labute approximate surface area is 122 Å². The quantitative estimate of drug-likeness (QED) is 0.490. The van der Waals surface area contributed by atoms with Crippen molar-refractivity contribution in [2.24, 2.45) is 0 Å². The summed E-state index contributed by atoms with van der Waals surface area (Å²) in [4.78, 5) is 36.5. The van der Waals surface area contributed by atoms with E-state index in [9.17, 15) is 19.5 Å². The van der Waals surface area contributed by atoms with Crippen molar-refractivity contribution in [1.29, 1.82) is 0 Å². The van der Waals surface area contributed by atoms with Crippen LogP contribution in [-0.4, -0.2) is 40.9 Å². The van der Waals surface area contributed by atoms with Gasteiger partial charge in [-0.1, -0.05) is 6.07 Å². The van der Waals surface area contributed by atoms with Crippen LogP contribution in [0, 0.1) is 0 Å². The first-order valence-corrected chi connectivity index (χ1v) is 6.90. The normalized spacial score (nSPS) is 13.5. The minimum atomic E-state index is -0.482. The third kappa shape index (κ3) is 3.04. The number of amides is 2. The van der Waals surface area contributed by atoms with Crippen molar-refractivity contribution in [3.63, 3.8) is 0 Å². The zero-order chi connectivity index (χ0) is 15.4. The maximum absolute atomic E-state index is 12.1. The first-order valence-electron chi connectivity index (χ1n) is 6.90. The first-order chi connectivity index (χ1) is 10.1. The molecule has 1 aliphatic heterocycles. The number of imide groups is 1. The molecular formula is C15H17NO5. The van der Waals surface area contributed by atoms with Gasteiger partial charge in [0.05, 0.1) is 17.7 Å². The van der Waals surface area contributed by atoms with E-state index in [4.69, 9.17) is 4.74 Å². The molecule has 0 fully saturated rings. The number of rotatable bonds is 6. The minimum Gasteiger partial charge on any atom is -0.507 e. The first kappa shape index (κ1) is 15.0. The van der Waals surface area contributed by atoms with Gasteiger partial charge in [-0.3, -0.25) is 19.3 Å². The number of phenols is 1. The molecule has 0 atom stereocenters. The number of phenolic OH excluding ortho intramolecular Hbond substituents is 1. The molecule has 6 nitrogen and oxygen atoms in total. The van der Waals surface area contributed by atoms with Crippen molar-refractivity contribution in [3.8, 4) is 5.75 Å². The number of hydrogen-bond donors (Lipinski definition) is 1. The van der Waals surface area contributed by atoms with E-state index in [0.29, 0.717) is 19.4 Å². The maximum atomic E-state index is 12.1. The third-order valence-corrected chi connectivity index (χ3v) is 3.29. The molecular weight excluding hydrogens is 274 g/mol. The van der Waals surface area contributed by atoms with Crippen LogP contribution in [0.25, 0.3) is 0 Å². The van der Waals surface area contributed by atoms with Crippen LogP contribution >= 0.6 is 0 Å². The molecule has 0 radical (unpaired) electrons. The Morgan fingerprint density at radius 3 is 2.67 bits per heavy atom. The van der Waals surface area contributed by atoms with Crippen molar-refractivity contribution in [2.75, 3.05) is 13.2 Å². The molecule has 1 aliphatic rings. The SMILES string of the molecule is CCOC(=O)CCCCN1C(=O)c2cccc(O)c2C1=O. The van der Waals surface area contributed by atoms with Crippen LogP contribution in [0.5, 0.6) is 5.75 Å². The number of benzene rings is 1. The summed E-state index contributed by atoms with van der Waals surface area (Å²) < 4.78 is 4.80. The standard InChI is InChI=1S/C15H17NO5/c1-2-21-12(18)8-3-4-9-16-14(19)10-6-5-7-11(17)13(10)15(16)20/h5-7,17H,2-4,8-9H2,1H3. The fraction of sp³-hybridized carbons (Fsp3) is 0.400. The summed E-state index contributed by atoms with van der Waals surface area (Å²) in [6, 6.07) is 4.44. The zero-order valence-electron chi connectivity index (χ0n) is 11.8. The molecule has 112 valence electrons. The fourth-order valence-electron chi connectivity index (χ4n) is 2.29. The van der Waals surface area contributed by atoms with E-state index in [1.54, 1.807) is 6.92 Å². The molecule has 0 bridgehead atoms. The molecule has 1 aromatic carbocycles. The Bertz CT molecular complexity index is 581. The second-order valence-electron chi connectivity index (χ2n) is 4.72. The molecule has 0 spiro atoms. The van der Waals surface area contributed by atoms with Gasteiger partial charge in [0.2, 0.25) is 0 Å². The molecule has 0 saturated heterocycles. The molecule has 2 amide bonds. The van der Waals surface area contributed by atoms with Gasteiger partial charge in [0.1, 0.15) is 5.75 Å². The fourth-order valence-corrected chi connectivity index (χ4v) is 2.29. The number of fused-ring (bicyclic) bond motifs is 1. The number of esters is 1. The lowest BCUT2D eigenvalue weighted by Gasteiger charge is -2.13. The number of hydrogen-bond acceptors (Lipinski definition) is 5. The highest BCUT2D eigenvalue weighted by Crippen LogP contribution is 2.30. The van der Waals surface area contributed by atoms with E-state index in [0.717, 1.165) is 4.90 Å². The average Bonchev–Trinajstić information content (AvgIpc) is 2.69. The van der Waals surface area contributed by atoms with Crippen molar-refractivity contribution in [3.05, 3.63) is 29.3 Å². The molecule has 1 aromatic rings. The molecule has 1 N–H and O–H groups in total. The van der Waals surface area contributed by atoms with Gasteiger partial charge >= 0.3 is 5.97 Å². The highest BCUT2D eigenvalue weighted by molar-refractivity contribution is 6.22. The van der Waals surface area contributed by atoms with Gasteiger partial charge in [-0.15, -0.1) is 0 Å². The topological polar surface area (TPSA) is 83.9 Å². The van der Waals surface area contributed by atoms with Crippen LogP contribution in [0.4, 0.5) is 0 Å². The highest BCUT2D eigenvalue weighted by Gasteiger charge is 2.37. The van der Waals surface area contributed by atoms with Gasteiger partial charge in [0.15, 0.2) is 0 Å². The number of ether oxygens (including phenoxy) is 1. The van der Waals surface area contributed by atoms with E-state index >= 15 is 0 Å². The van der Waals surface area contributed by atoms with Crippen molar-refractivity contribution in [1.82, 2.24) is 4.90 Å². The van der Waals surface area contributed by atoms with Crippen LogP contribution in [0.2, 0.25) is 0 Å². The zero-order valence-corrected chi connectivity index (χ0v) is 11.8. The van der Waals surface area contributed by atoms with Crippen LogP contribution in [0.1, 0.15) is 46.9 Å². The highest BCUT2D eigenvalue weighted by atomic mass is 16.5. The maximum Gasteiger partial charge on any atom is 0.305 e. The number of nitrogens with zero attached hydrogens (tertiary/aromatic N) is 1. The molecule has 0 unspecified atom stereocenters. The van der Waals surface area contributed by atoms with Crippen molar-refractivity contribution in [2.45, 2.75) is 26.2 Å². The molecule has 2 rings (SSSR count). The summed E-state index contributed by atoms with van der Waals surface area (Å²) in [6.45, 7) is 2.31. The van der Waals surface area contributed by atoms with E-state index in [-0.39, 0.29) is 35.8 Å². The van der Waals surface area contributed by atoms with Crippen LogP contribution in [0.3, 0.4) is 0 Å². The Morgan fingerprint density at radius 1 is 1.24 bits per heavy atom. The molecule has 0 aromatic heterocycles. The molecule has 1 heterocycles. The van der Waals surface area contributed by atoms with E-state index in [1.807, 2.05) is 0 Å². The minimum absolute atomic E-state index is 0.0629. The van der Waals surface area contributed by atoms with Crippen molar-refractivity contribution < 1.29 is 24.2 Å². The number of carbonyl (C=O) groups excluding carboxylic acids is 3. The summed E-state index contributed by atoms with van der Waals surface area (Å²) in [5, 5.41) is 9.68. The van der Waals surface area contributed by atoms with E-state index < -0.39 is 11.8 Å².